The van der Waals surface area contributed by atoms with Crippen molar-refractivity contribution in [2.75, 3.05) is 0 Å². The lowest BCUT2D eigenvalue weighted by molar-refractivity contribution is -0.385. The van der Waals surface area contributed by atoms with Crippen LogP contribution < -0.4 is 0 Å². The van der Waals surface area contributed by atoms with Gasteiger partial charge in [-0.05, 0) is 6.42 Å². The van der Waals surface area contributed by atoms with E-state index in [-0.39, 0.29) is 15.4 Å². The Hall–Kier alpha value is -1.34. The monoisotopic (exact) mass is 267 g/mol. The molecular formula is C11H10BrNO2. The van der Waals surface area contributed by atoms with E-state index in [1.807, 2.05) is 0 Å². The van der Waals surface area contributed by atoms with E-state index in [1.165, 1.54) is 6.07 Å². The molecule has 0 amide bonds. The molecule has 1 aromatic rings. The molecule has 3 nitrogen and oxygen atoms in total. The summed E-state index contributed by atoms with van der Waals surface area (Å²) in [6, 6.07) is 6.68. The Morgan fingerprint density at radius 1 is 1.53 bits per heavy atom. The number of halogens is 1. The lowest BCUT2D eigenvalue weighted by Crippen LogP contribution is -1.97. The van der Waals surface area contributed by atoms with Crippen LogP contribution in [-0.2, 0) is 0 Å². The van der Waals surface area contributed by atoms with E-state index in [0.29, 0.717) is 18.4 Å². The van der Waals surface area contributed by atoms with Crippen molar-refractivity contribution in [3.63, 3.8) is 0 Å². The molecule has 15 heavy (non-hydrogen) atoms. The average Bonchev–Trinajstić information content (AvgIpc) is 2.25. The summed E-state index contributed by atoms with van der Waals surface area (Å²) >= 11 is 3.41. The molecule has 1 unspecified atom stereocenters. The fourth-order valence-electron chi connectivity index (χ4n) is 1.28. The molecule has 1 atom stereocenters. The Morgan fingerprint density at radius 3 is 2.80 bits per heavy atom. The molecule has 1 aromatic carbocycles. The zero-order valence-electron chi connectivity index (χ0n) is 8.02. The maximum absolute atomic E-state index is 10.7. The Kier molecular flexibility index (Phi) is 4.32. The van der Waals surface area contributed by atoms with E-state index < -0.39 is 0 Å². The number of para-hydroxylation sites is 1. The van der Waals surface area contributed by atoms with Gasteiger partial charge >= 0.3 is 0 Å². The first-order chi connectivity index (χ1) is 7.16. The number of hydrogen-bond acceptors (Lipinski definition) is 2. The first-order valence-corrected chi connectivity index (χ1v) is 5.39. The molecule has 0 bridgehead atoms. The van der Waals surface area contributed by atoms with Crippen LogP contribution in [0.3, 0.4) is 0 Å². The second-order valence-electron chi connectivity index (χ2n) is 3.03. The van der Waals surface area contributed by atoms with Crippen molar-refractivity contribution in [2.24, 2.45) is 0 Å². The van der Waals surface area contributed by atoms with Crippen LogP contribution in [0.2, 0.25) is 0 Å². The Bertz CT molecular complexity index is 398. The normalized spacial score (nSPS) is 11.7. The molecule has 78 valence electrons. The molecule has 0 heterocycles. The Labute approximate surface area is 96.8 Å². The Balaban J connectivity index is 2.93. The highest BCUT2D eigenvalue weighted by atomic mass is 79.9. The van der Waals surface area contributed by atoms with Gasteiger partial charge in [-0.15, -0.1) is 12.3 Å². The van der Waals surface area contributed by atoms with E-state index in [9.17, 15) is 10.1 Å². The fourth-order valence-corrected chi connectivity index (χ4v) is 1.90. The summed E-state index contributed by atoms with van der Waals surface area (Å²) in [6.07, 6.45) is 6.44. The number of nitrogens with zero attached hydrogens (tertiary/aromatic N) is 1. The van der Waals surface area contributed by atoms with Gasteiger partial charge < -0.3 is 0 Å². The second-order valence-corrected chi connectivity index (χ2v) is 4.13. The summed E-state index contributed by atoms with van der Waals surface area (Å²) < 4.78 is 0. The number of nitro groups is 1. The number of nitro benzene ring substituents is 1. The van der Waals surface area contributed by atoms with Crippen molar-refractivity contribution >= 4 is 21.6 Å². The van der Waals surface area contributed by atoms with E-state index in [4.69, 9.17) is 6.42 Å². The average molecular weight is 268 g/mol. The molecule has 1 rings (SSSR count). The van der Waals surface area contributed by atoms with Crippen LogP contribution in [0.4, 0.5) is 5.69 Å². The lowest BCUT2D eigenvalue weighted by Gasteiger charge is -2.08. The molecule has 0 fully saturated rings. The number of benzene rings is 1. The second kappa shape index (κ2) is 5.52. The van der Waals surface area contributed by atoms with Crippen LogP contribution in [0.15, 0.2) is 24.3 Å². The van der Waals surface area contributed by atoms with Crippen molar-refractivity contribution in [3.8, 4) is 12.3 Å². The topological polar surface area (TPSA) is 43.1 Å². The largest absolute Gasteiger partial charge is 0.273 e. The van der Waals surface area contributed by atoms with Gasteiger partial charge in [0.05, 0.1) is 4.92 Å². The molecule has 0 radical (unpaired) electrons. The van der Waals surface area contributed by atoms with Crippen LogP contribution in [0.5, 0.6) is 0 Å². The van der Waals surface area contributed by atoms with Gasteiger partial charge in [0.1, 0.15) is 0 Å². The zero-order valence-corrected chi connectivity index (χ0v) is 9.61. The highest BCUT2D eigenvalue weighted by Crippen LogP contribution is 2.33. The molecule has 0 saturated heterocycles. The molecule has 0 spiro atoms. The minimum atomic E-state index is -0.376. The van der Waals surface area contributed by atoms with Crippen LogP contribution in [0.1, 0.15) is 23.2 Å². The molecule has 0 N–H and O–H groups in total. The maximum Gasteiger partial charge on any atom is 0.273 e. The minimum Gasteiger partial charge on any atom is -0.258 e. The van der Waals surface area contributed by atoms with E-state index in [0.717, 1.165) is 0 Å². The molecular weight excluding hydrogens is 258 g/mol. The SMILES string of the molecule is C#CCCC(Br)c1ccccc1[N+](=O)[O-]. The van der Waals surface area contributed by atoms with Crippen LogP contribution in [0, 0.1) is 22.5 Å². The summed E-state index contributed by atoms with van der Waals surface area (Å²) in [5, 5.41) is 10.7. The van der Waals surface area contributed by atoms with Gasteiger partial charge in [-0.2, -0.15) is 0 Å². The summed E-state index contributed by atoms with van der Waals surface area (Å²) in [6.45, 7) is 0. The summed E-state index contributed by atoms with van der Waals surface area (Å²) in [7, 11) is 0. The molecule has 0 aliphatic heterocycles. The molecule has 0 aliphatic rings. The molecule has 0 aliphatic carbocycles. The van der Waals surface area contributed by atoms with E-state index in [2.05, 4.69) is 21.9 Å². The number of terminal acetylenes is 1. The van der Waals surface area contributed by atoms with E-state index in [1.54, 1.807) is 18.2 Å². The summed E-state index contributed by atoms with van der Waals surface area (Å²) in [4.78, 5) is 10.3. The third-order valence-electron chi connectivity index (χ3n) is 2.01. The van der Waals surface area contributed by atoms with Gasteiger partial charge in [0, 0.05) is 22.9 Å². The van der Waals surface area contributed by atoms with Crippen molar-refractivity contribution < 1.29 is 4.92 Å². The fraction of sp³-hybridized carbons (Fsp3) is 0.273. The van der Waals surface area contributed by atoms with Crippen molar-refractivity contribution in [2.45, 2.75) is 17.7 Å². The number of hydrogen-bond donors (Lipinski definition) is 0. The molecule has 0 aromatic heterocycles. The lowest BCUT2D eigenvalue weighted by atomic mass is 10.1. The number of rotatable bonds is 4. The minimum absolute atomic E-state index is 0.0600. The van der Waals surface area contributed by atoms with Gasteiger partial charge in [-0.1, -0.05) is 34.1 Å². The van der Waals surface area contributed by atoms with Crippen molar-refractivity contribution in [3.05, 3.63) is 39.9 Å². The van der Waals surface area contributed by atoms with Crippen LogP contribution in [0.25, 0.3) is 0 Å². The summed E-state index contributed by atoms with van der Waals surface area (Å²) in [5.74, 6) is 2.52. The number of alkyl halides is 1. The predicted octanol–water partition coefficient (Wildman–Crippen LogP) is 3.44. The van der Waals surface area contributed by atoms with Gasteiger partial charge in [-0.25, -0.2) is 0 Å². The predicted molar refractivity (Wildman–Crippen MR) is 62.8 cm³/mol. The zero-order chi connectivity index (χ0) is 11.3. The third kappa shape index (κ3) is 3.07. The maximum atomic E-state index is 10.7. The smallest absolute Gasteiger partial charge is 0.258 e. The molecule has 4 heteroatoms. The summed E-state index contributed by atoms with van der Waals surface area (Å²) in [5.41, 5.74) is 0.814. The van der Waals surface area contributed by atoms with Gasteiger partial charge in [-0.3, -0.25) is 10.1 Å². The van der Waals surface area contributed by atoms with Crippen LogP contribution >= 0.6 is 15.9 Å². The molecule has 0 saturated carbocycles. The van der Waals surface area contributed by atoms with Gasteiger partial charge in [0.25, 0.3) is 5.69 Å². The highest BCUT2D eigenvalue weighted by molar-refractivity contribution is 9.09. The first kappa shape index (κ1) is 11.7. The van der Waals surface area contributed by atoms with Crippen molar-refractivity contribution in [1.29, 1.82) is 0 Å². The highest BCUT2D eigenvalue weighted by Gasteiger charge is 2.18. The van der Waals surface area contributed by atoms with E-state index >= 15 is 0 Å². The third-order valence-corrected chi connectivity index (χ3v) is 2.96. The van der Waals surface area contributed by atoms with Gasteiger partial charge in [0.15, 0.2) is 0 Å². The standard InChI is InChI=1S/C11H10BrNO2/c1-2-3-7-10(12)9-6-4-5-8-11(9)13(14)15/h1,4-6,8,10H,3,7H2. The quantitative estimate of drug-likeness (QED) is 0.363. The van der Waals surface area contributed by atoms with Gasteiger partial charge in [0.2, 0.25) is 0 Å². The van der Waals surface area contributed by atoms with Crippen molar-refractivity contribution in [1.82, 2.24) is 0 Å². The first-order valence-electron chi connectivity index (χ1n) is 4.47. The Morgan fingerprint density at radius 2 is 2.20 bits per heavy atom. The van der Waals surface area contributed by atoms with Crippen LogP contribution in [-0.4, -0.2) is 4.92 Å².